The monoisotopic (exact) mass is 276 g/mol. The fraction of sp³-hybridized carbons (Fsp3) is 0.429. The Balaban J connectivity index is 1.73. The number of hydrogen-bond donors (Lipinski definition) is 2. The lowest BCUT2D eigenvalue weighted by Crippen LogP contribution is -2.44. The molecule has 1 saturated heterocycles. The van der Waals surface area contributed by atoms with Crippen molar-refractivity contribution in [3.8, 4) is 11.8 Å². The van der Waals surface area contributed by atoms with Crippen LogP contribution in [0.15, 0.2) is 24.3 Å². The van der Waals surface area contributed by atoms with Crippen LogP contribution < -0.4 is 10.1 Å². The largest absolute Gasteiger partial charge is 0.484 e. The number of hydrogen-bond acceptors (Lipinski definition) is 5. The highest BCUT2D eigenvalue weighted by atomic mass is 16.5. The van der Waals surface area contributed by atoms with Gasteiger partial charge < -0.3 is 19.9 Å². The maximum absolute atomic E-state index is 11.6. The first-order valence-corrected chi connectivity index (χ1v) is 6.31. The molecule has 1 heterocycles. The lowest BCUT2D eigenvalue weighted by atomic mass is 10.0. The van der Waals surface area contributed by atoms with E-state index in [-0.39, 0.29) is 25.7 Å². The molecule has 1 amide bonds. The summed E-state index contributed by atoms with van der Waals surface area (Å²) in [5.74, 6) is 0.205. The van der Waals surface area contributed by atoms with Crippen LogP contribution in [0.3, 0.4) is 0 Å². The van der Waals surface area contributed by atoms with Crippen molar-refractivity contribution in [3.05, 3.63) is 29.8 Å². The molecule has 1 aromatic rings. The van der Waals surface area contributed by atoms with E-state index in [0.29, 0.717) is 24.3 Å². The van der Waals surface area contributed by atoms with E-state index in [1.807, 2.05) is 6.07 Å². The summed E-state index contributed by atoms with van der Waals surface area (Å²) in [5.41, 5.74) is -0.436. The third-order valence-corrected chi connectivity index (χ3v) is 3.05. The van der Waals surface area contributed by atoms with Gasteiger partial charge in [0.1, 0.15) is 11.4 Å². The number of nitrogens with zero attached hydrogens (tertiary/aromatic N) is 1. The van der Waals surface area contributed by atoms with Crippen molar-refractivity contribution >= 4 is 5.91 Å². The van der Waals surface area contributed by atoms with Crippen LogP contribution in [0.25, 0.3) is 0 Å². The summed E-state index contributed by atoms with van der Waals surface area (Å²) in [5, 5.41) is 21.2. The molecule has 1 fully saturated rings. The molecule has 1 aromatic carbocycles. The SMILES string of the molecule is N#Cc1ccc(OCC(=O)NCC2(O)CCOC2)cc1. The van der Waals surface area contributed by atoms with Gasteiger partial charge in [0.05, 0.1) is 18.2 Å². The molecule has 0 bridgehead atoms. The van der Waals surface area contributed by atoms with Crippen LogP contribution in [0.5, 0.6) is 5.75 Å². The van der Waals surface area contributed by atoms with Gasteiger partial charge in [-0.25, -0.2) is 0 Å². The van der Waals surface area contributed by atoms with Gasteiger partial charge in [-0.05, 0) is 24.3 Å². The maximum atomic E-state index is 11.6. The number of nitriles is 1. The fourth-order valence-electron chi connectivity index (χ4n) is 1.82. The van der Waals surface area contributed by atoms with Gasteiger partial charge in [0.15, 0.2) is 6.61 Å². The quantitative estimate of drug-likeness (QED) is 0.802. The minimum atomic E-state index is -0.968. The van der Waals surface area contributed by atoms with Crippen LogP contribution in [0.2, 0.25) is 0 Å². The summed E-state index contributed by atoms with van der Waals surface area (Å²) >= 11 is 0. The maximum Gasteiger partial charge on any atom is 0.258 e. The third kappa shape index (κ3) is 3.95. The molecule has 1 unspecified atom stereocenters. The molecule has 6 heteroatoms. The van der Waals surface area contributed by atoms with Gasteiger partial charge in [0, 0.05) is 19.6 Å². The Kier molecular flexibility index (Phi) is 4.56. The molecule has 20 heavy (non-hydrogen) atoms. The number of aliphatic hydroxyl groups is 1. The Morgan fingerprint density at radius 3 is 2.85 bits per heavy atom. The lowest BCUT2D eigenvalue weighted by molar-refractivity contribution is -0.124. The standard InChI is InChI=1S/C14H16N2O4/c15-7-11-1-3-12(4-2-11)20-8-13(17)16-9-14(18)5-6-19-10-14/h1-4,18H,5-6,8-10H2,(H,16,17). The normalized spacial score (nSPS) is 21.2. The highest BCUT2D eigenvalue weighted by molar-refractivity contribution is 5.77. The molecule has 0 aromatic heterocycles. The van der Waals surface area contributed by atoms with Gasteiger partial charge in [0.25, 0.3) is 5.91 Å². The number of amides is 1. The predicted octanol–water partition coefficient (Wildman–Crippen LogP) is 0.205. The number of nitrogens with one attached hydrogen (secondary N) is 1. The molecule has 1 aliphatic heterocycles. The average Bonchev–Trinajstić information content (AvgIpc) is 2.91. The summed E-state index contributed by atoms with van der Waals surface area (Å²) in [6.07, 6.45) is 0.518. The number of carbonyl (C=O) groups excluding carboxylic acids is 1. The van der Waals surface area contributed by atoms with Crippen LogP contribution in [-0.4, -0.2) is 43.0 Å². The molecule has 0 aliphatic carbocycles. The number of rotatable bonds is 5. The molecule has 2 N–H and O–H groups in total. The summed E-state index contributed by atoms with van der Waals surface area (Å²) < 4.78 is 10.4. The minimum Gasteiger partial charge on any atom is -0.484 e. The summed E-state index contributed by atoms with van der Waals surface area (Å²) in [7, 11) is 0. The molecular weight excluding hydrogens is 260 g/mol. The van der Waals surface area contributed by atoms with Gasteiger partial charge in [-0.2, -0.15) is 5.26 Å². The molecule has 2 rings (SSSR count). The molecule has 1 atom stereocenters. The highest BCUT2D eigenvalue weighted by Crippen LogP contribution is 2.16. The number of benzene rings is 1. The van der Waals surface area contributed by atoms with Crippen molar-refractivity contribution in [2.24, 2.45) is 0 Å². The van der Waals surface area contributed by atoms with E-state index in [1.165, 1.54) is 0 Å². The van der Waals surface area contributed by atoms with E-state index < -0.39 is 5.60 Å². The van der Waals surface area contributed by atoms with Crippen molar-refractivity contribution < 1.29 is 19.4 Å². The Hall–Kier alpha value is -2.10. The highest BCUT2D eigenvalue weighted by Gasteiger charge is 2.32. The van der Waals surface area contributed by atoms with E-state index in [2.05, 4.69) is 5.32 Å². The van der Waals surface area contributed by atoms with Crippen LogP contribution in [0.1, 0.15) is 12.0 Å². The molecular formula is C14H16N2O4. The van der Waals surface area contributed by atoms with Crippen LogP contribution >= 0.6 is 0 Å². The molecule has 6 nitrogen and oxygen atoms in total. The molecule has 0 spiro atoms. The second kappa shape index (κ2) is 6.37. The van der Waals surface area contributed by atoms with Gasteiger partial charge in [-0.3, -0.25) is 4.79 Å². The molecule has 1 aliphatic rings. The average molecular weight is 276 g/mol. The van der Waals surface area contributed by atoms with Gasteiger partial charge in [-0.1, -0.05) is 0 Å². The minimum absolute atomic E-state index is 0.136. The first-order valence-electron chi connectivity index (χ1n) is 6.31. The smallest absolute Gasteiger partial charge is 0.258 e. The lowest BCUT2D eigenvalue weighted by Gasteiger charge is -2.20. The summed E-state index contributed by atoms with van der Waals surface area (Å²) in [6.45, 7) is 0.767. The molecule has 0 radical (unpaired) electrons. The zero-order valence-corrected chi connectivity index (χ0v) is 11.0. The third-order valence-electron chi connectivity index (χ3n) is 3.05. The van der Waals surface area contributed by atoms with Gasteiger partial charge in [-0.15, -0.1) is 0 Å². The zero-order chi connectivity index (χ0) is 14.4. The van der Waals surface area contributed by atoms with Crippen molar-refractivity contribution in [3.63, 3.8) is 0 Å². The molecule has 0 saturated carbocycles. The first-order chi connectivity index (χ1) is 9.61. The zero-order valence-electron chi connectivity index (χ0n) is 11.0. The Labute approximate surface area is 116 Å². The molecule has 106 valence electrons. The van der Waals surface area contributed by atoms with Crippen molar-refractivity contribution in [1.82, 2.24) is 5.32 Å². The van der Waals surface area contributed by atoms with Crippen LogP contribution in [-0.2, 0) is 9.53 Å². The summed E-state index contributed by atoms with van der Waals surface area (Å²) in [6, 6.07) is 8.49. The van der Waals surface area contributed by atoms with E-state index in [4.69, 9.17) is 14.7 Å². The van der Waals surface area contributed by atoms with Crippen LogP contribution in [0.4, 0.5) is 0 Å². The second-order valence-corrected chi connectivity index (χ2v) is 4.73. The fourth-order valence-corrected chi connectivity index (χ4v) is 1.82. The topological polar surface area (TPSA) is 91.6 Å². The van der Waals surface area contributed by atoms with Gasteiger partial charge in [0.2, 0.25) is 0 Å². The van der Waals surface area contributed by atoms with E-state index in [1.54, 1.807) is 24.3 Å². The number of carbonyl (C=O) groups is 1. The Bertz CT molecular complexity index is 501. The van der Waals surface area contributed by atoms with Crippen molar-refractivity contribution in [2.45, 2.75) is 12.0 Å². The predicted molar refractivity (Wildman–Crippen MR) is 70.0 cm³/mol. The number of ether oxygens (including phenoxy) is 2. The van der Waals surface area contributed by atoms with Crippen LogP contribution in [0, 0.1) is 11.3 Å². The Morgan fingerprint density at radius 2 is 2.25 bits per heavy atom. The first kappa shape index (κ1) is 14.3. The Morgan fingerprint density at radius 1 is 1.50 bits per heavy atom. The van der Waals surface area contributed by atoms with E-state index >= 15 is 0 Å². The van der Waals surface area contributed by atoms with Crippen molar-refractivity contribution in [1.29, 1.82) is 5.26 Å². The summed E-state index contributed by atoms with van der Waals surface area (Å²) in [4.78, 5) is 11.6. The van der Waals surface area contributed by atoms with Crippen molar-refractivity contribution in [2.75, 3.05) is 26.4 Å². The second-order valence-electron chi connectivity index (χ2n) is 4.73. The van der Waals surface area contributed by atoms with Gasteiger partial charge >= 0.3 is 0 Å². The van der Waals surface area contributed by atoms with E-state index in [9.17, 15) is 9.90 Å². The van der Waals surface area contributed by atoms with E-state index in [0.717, 1.165) is 0 Å².